The first-order valence-corrected chi connectivity index (χ1v) is 8.43. The third-order valence-electron chi connectivity index (χ3n) is 2.96. The predicted molar refractivity (Wildman–Crippen MR) is 91.6 cm³/mol. The van der Waals surface area contributed by atoms with E-state index in [0.717, 1.165) is 15.4 Å². The molecule has 0 bridgehead atoms. The highest BCUT2D eigenvalue weighted by molar-refractivity contribution is 7.17. The van der Waals surface area contributed by atoms with Gasteiger partial charge in [0.1, 0.15) is 5.82 Å². The van der Waals surface area contributed by atoms with Gasteiger partial charge >= 0.3 is 0 Å². The Hall–Kier alpha value is -2.38. The number of carbonyl (C=O) groups excluding carboxylic acids is 1. The van der Waals surface area contributed by atoms with Gasteiger partial charge in [-0.05, 0) is 36.8 Å². The Bertz CT molecular complexity index is 852. The van der Waals surface area contributed by atoms with E-state index in [9.17, 15) is 9.18 Å². The summed E-state index contributed by atoms with van der Waals surface area (Å²) in [6.45, 7) is 1.91. The number of amides is 1. The highest BCUT2D eigenvalue weighted by Gasteiger charge is 2.09. The number of hydrogen-bond acceptors (Lipinski definition) is 5. The van der Waals surface area contributed by atoms with Crippen LogP contribution in [0.25, 0.3) is 10.4 Å². The van der Waals surface area contributed by atoms with E-state index in [1.165, 1.54) is 41.0 Å². The first kappa shape index (κ1) is 15.5. The van der Waals surface area contributed by atoms with Crippen LogP contribution in [-0.4, -0.2) is 17.1 Å². The van der Waals surface area contributed by atoms with Gasteiger partial charge in [-0.2, -0.15) is 5.10 Å². The normalized spacial score (nSPS) is 11.0. The molecule has 1 amide bonds. The lowest BCUT2D eigenvalue weighted by atomic mass is 10.2. The molecule has 1 aromatic carbocycles. The lowest BCUT2D eigenvalue weighted by molar-refractivity contribution is 0.0959. The van der Waals surface area contributed by atoms with Crippen LogP contribution >= 0.6 is 22.7 Å². The van der Waals surface area contributed by atoms with Crippen molar-refractivity contribution in [1.82, 2.24) is 10.4 Å². The Labute approximate surface area is 140 Å². The molecule has 7 heteroatoms. The van der Waals surface area contributed by atoms with E-state index in [4.69, 9.17) is 0 Å². The predicted octanol–water partition coefficient (Wildman–Crippen LogP) is 4.08. The number of hydrogen-bond donors (Lipinski definition) is 1. The van der Waals surface area contributed by atoms with Gasteiger partial charge in [-0.3, -0.25) is 4.79 Å². The Kier molecular flexibility index (Phi) is 4.59. The number of halogens is 1. The first-order valence-electron chi connectivity index (χ1n) is 6.73. The van der Waals surface area contributed by atoms with E-state index in [0.29, 0.717) is 10.6 Å². The van der Waals surface area contributed by atoms with Gasteiger partial charge in [0, 0.05) is 10.3 Å². The zero-order valence-electron chi connectivity index (χ0n) is 12.1. The molecule has 0 aliphatic heterocycles. The third-order valence-corrected chi connectivity index (χ3v) is 4.88. The van der Waals surface area contributed by atoms with Gasteiger partial charge in [0.05, 0.1) is 21.8 Å². The van der Waals surface area contributed by atoms with E-state index in [1.54, 1.807) is 18.2 Å². The largest absolute Gasteiger partial charge is 0.281 e. The van der Waals surface area contributed by atoms with E-state index in [2.05, 4.69) is 15.5 Å². The van der Waals surface area contributed by atoms with Crippen LogP contribution in [0.2, 0.25) is 0 Å². The molecule has 23 heavy (non-hydrogen) atoms. The quantitative estimate of drug-likeness (QED) is 0.572. The summed E-state index contributed by atoms with van der Waals surface area (Å²) < 4.78 is 12.9. The molecule has 0 spiro atoms. The second-order valence-electron chi connectivity index (χ2n) is 4.66. The Balaban J connectivity index is 1.66. The summed E-state index contributed by atoms with van der Waals surface area (Å²) in [4.78, 5) is 17.7. The molecule has 0 saturated carbocycles. The maximum absolute atomic E-state index is 12.9. The summed E-state index contributed by atoms with van der Waals surface area (Å²) in [6, 6.07) is 9.72. The van der Waals surface area contributed by atoms with Gasteiger partial charge in [0.2, 0.25) is 0 Å². The summed E-state index contributed by atoms with van der Waals surface area (Å²) in [5.41, 5.74) is 4.06. The fourth-order valence-electron chi connectivity index (χ4n) is 1.88. The van der Waals surface area contributed by atoms with Gasteiger partial charge in [0.15, 0.2) is 0 Å². The van der Waals surface area contributed by atoms with Crippen LogP contribution in [0.3, 0.4) is 0 Å². The van der Waals surface area contributed by atoms with Crippen molar-refractivity contribution in [2.45, 2.75) is 6.92 Å². The van der Waals surface area contributed by atoms with Gasteiger partial charge in [0.25, 0.3) is 5.91 Å². The van der Waals surface area contributed by atoms with Gasteiger partial charge in [-0.15, -0.1) is 22.7 Å². The molecule has 0 unspecified atom stereocenters. The van der Waals surface area contributed by atoms with Gasteiger partial charge in [-0.1, -0.05) is 12.1 Å². The van der Waals surface area contributed by atoms with Crippen molar-refractivity contribution in [1.29, 1.82) is 0 Å². The molecule has 2 heterocycles. The van der Waals surface area contributed by atoms with Crippen LogP contribution in [0.15, 0.2) is 46.9 Å². The Morgan fingerprint density at radius 2 is 2.04 bits per heavy atom. The van der Waals surface area contributed by atoms with Crippen molar-refractivity contribution >= 4 is 34.8 Å². The summed E-state index contributed by atoms with van der Waals surface area (Å²) >= 11 is 2.85. The maximum atomic E-state index is 12.9. The van der Waals surface area contributed by atoms with Crippen LogP contribution in [0.1, 0.15) is 20.4 Å². The topological polar surface area (TPSA) is 54.4 Å². The number of aromatic nitrogens is 1. The second kappa shape index (κ2) is 6.80. The molecule has 3 rings (SSSR count). The van der Waals surface area contributed by atoms with Crippen molar-refractivity contribution in [2.75, 3.05) is 0 Å². The lowest BCUT2D eigenvalue weighted by Crippen LogP contribution is -2.16. The van der Waals surface area contributed by atoms with Crippen LogP contribution in [-0.2, 0) is 0 Å². The minimum absolute atomic E-state index is 0.283. The number of aryl methyl sites for hydroxylation is 1. The van der Waals surface area contributed by atoms with Crippen LogP contribution < -0.4 is 5.43 Å². The van der Waals surface area contributed by atoms with Crippen LogP contribution in [0.4, 0.5) is 4.39 Å². The molecule has 0 aliphatic rings. The van der Waals surface area contributed by atoms with Crippen LogP contribution in [0.5, 0.6) is 0 Å². The molecular formula is C16H12FN3OS2. The zero-order chi connectivity index (χ0) is 16.2. The van der Waals surface area contributed by atoms with Crippen molar-refractivity contribution in [3.8, 4) is 10.4 Å². The molecule has 3 aromatic rings. The number of nitrogens with zero attached hydrogens (tertiary/aromatic N) is 2. The maximum Gasteiger partial charge on any atom is 0.281 e. The molecule has 0 aliphatic carbocycles. The molecular weight excluding hydrogens is 333 g/mol. The van der Waals surface area contributed by atoms with Crippen molar-refractivity contribution in [3.63, 3.8) is 0 Å². The summed E-state index contributed by atoms with van der Waals surface area (Å²) in [6.07, 6.45) is 1.51. The lowest BCUT2D eigenvalue weighted by Gasteiger charge is -1.97. The Morgan fingerprint density at radius 3 is 2.74 bits per heavy atom. The molecule has 4 nitrogen and oxygen atoms in total. The molecule has 0 saturated heterocycles. The highest BCUT2D eigenvalue weighted by atomic mass is 32.1. The number of hydrazone groups is 1. The average molecular weight is 345 g/mol. The highest BCUT2D eigenvalue weighted by Crippen LogP contribution is 2.28. The van der Waals surface area contributed by atoms with E-state index < -0.39 is 0 Å². The standard InChI is InChI=1S/C16H12FN3OS2/c1-10-19-13(9-22-10)8-18-20-16(21)15-7-6-14(23-15)11-2-4-12(17)5-3-11/h2-9H,1H3,(H,20,21)/b18-8-. The number of carbonyl (C=O) groups is 1. The first-order chi connectivity index (χ1) is 11.1. The molecule has 0 fully saturated rings. The van der Waals surface area contributed by atoms with E-state index >= 15 is 0 Å². The number of benzene rings is 1. The number of nitrogens with one attached hydrogen (secondary N) is 1. The van der Waals surface area contributed by atoms with Crippen molar-refractivity contribution in [3.05, 3.63) is 63.2 Å². The number of thiazole rings is 1. The van der Waals surface area contributed by atoms with E-state index in [1.807, 2.05) is 18.4 Å². The summed E-state index contributed by atoms with van der Waals surface area (Å²) in [5, 5.41) is 6.71. The minimum atomic E-state index is -0.286. The van der Waals surface area contributed by atoms with Gasteiger partial charge in [-0.25, -0.2) is 14.8 Å². The Morgan fingerprint density at radius 1 is 1.26 bits per heavy atom. The average Bonchev–Trinajstić information content (AvgIpc) is 3.17. The molecule has 0 radical (unpaired) electrons. The monoisotopic (exact) mass is 345 g/mol. The molecule has 2 aromatic heterocycles. The second-order valence-corrected chi connectivity index (χ2v) is 6.81. The summed E-state index contributed by atoms with van der Waals surface area (Å²) in [5.74, 6) is -0.568. The fraction of sp³-hybridized carbons (Fsp3) is 0.0625. The van der Waals surface area contributed by atoms with E-state index in [-0.39, 0.29) is 11.7 Å². The fourth-order valence-corrected chi connectivity index (χ4v) is 3.35. The summed E-state index contributed by atoms with van der Waals surface area (Å²) in [7, 11) is 0. The molecule has 1 N–H and O–H groups in total. The number of rotatable bonds is 4. The SMILES string of the molecule is Cc1nc(/C=N\NC(=O)c2ccc(-c3ccc(F)cc3)s2)cs1. The van der Waals surface area contributed by atoms with Gasteiger partial charge < -0.3 is 0 Å². The minimum Gasteiger partial charge on any atom is -0.266 e. The van der Waals surface area contributed by atoms with Crippen molar-refractivity contribution in [2.24, 2.45) is 5.10 Å². The third kappa shape index (κ3) is 3.88. The van der Waals surface area contributed by atoms with Crippen LogP contribution in [0, 0.1) is 12.7 Å². The smallest absolute Gasteiger partial charge is 0.266 e. The molecule has 0 atom stereocenters. The zero-order valence-corrected chi connectivity index (χ0v) is 13.7. The number of thiophene rings is 1. The van der Waals surface area contributed by atoms with Crippen molar-refractivity contribution < 1.29 is 9.18 Å². The molecule has 116 valence electrons.